The number of amides is 3. The van der Waals surface area contributed by atoms with Crippen LogP contribution >= 0.6 is 0 Å². The Morgan fingerprint density at radius 2 is 1.94 bits per heavy atom. The number of likely N-dealkylation sites (tertiary alicyclic amines) is 2. The monoisotopic (exact) mass is 437 g/mol. The second kappa shape index (κ2) is 9.97. The summed E-state index contributed by atoms with van der Waals surface area (Å²) >= 11 is 0. The van der Waals surface area contributed by atoms with E-state index in [9.17, 15) is 14.4 Å². The van der Waals surface area contributed by atoms with Crippen molar-refractivity contribution in [1.29, 1.82) is 0 Å². The van der Waals surface area contributed by atoms with Crippen molar-refractivity contribution < 1.29 is 14.4 Å². The van der Waals surface area contributed by atoms with Gasteiger partial charge in [-0.1, -0.05) is 12.1 Å². The van der Waals surface area contributed by atoms with Crippen molar-refractivity contribution in [2.24, 2.45) is 5.92 Å². The minimum absolute atomic E-state index is 0.0710. The third-order valence-electron chi connectivity index (χ3n) is 6.35. The molecule has 0 N–H and O–H groups in total. The van der Waals surface area contributed by atoms with Crippen molar-refractivity contribution in [1.82, 2.24) is 24.5 Å². The zero-order valence-electron chi connectivity index (χ0n) is 18.7. The number of hydrogen-bond donors (Lipinski definition) is 0. The van der Waals surface area contributed by atoms with Gasteiger partial charge >= 0.3 is 0 Å². The molecule has 2 aliphatic heterocycles. The zero-order valence-corrected chi connectivity index (χ0v) is 18.7. The molecule has 8 heteroatoms. The molecule has 0 spiro atoms. The van der Waals surface area contributed by atoms with Gasteiger partial charge in [-0.15, -0.1) is 0 Å². The molecule has 1 aromatic heterocycles. The van der Waals surface area contributed by atoms with Gasteiger partial charge in [-0.05, 0) is 43.0 Å². The molecule has 170 valence electrons. The van der Waals surface area contributed by atoms with Crippen molar-refractivity contribution in [2.45, 2.75) is 38.6 Å². The molecule has 3 amide bonds. The Labute approximate surface area is 188 Å². The summed E-state index contributed by atoms with van der Waals surface area (Å²) in [7, 11) is 1.82. The minimum atomic E-state index is -0.180. The van der Waals surface area contributed by atoms with E-state index in [4.69, 9.17) is 0 Å². The maximum Gasteiger partial charge on any atom is 0.227 e. The lowest BCUT2D eigenvalue weighted by Gasteiger charge is -2.34. The largest absolute Gasteiger partial charge is 0.343 e. The second-order valence-corrected chi connectivity index (χ2v) is 8.73. The summed E-state index contributed by atoms with van der Waals surface area (Å²) in [5.74, 6) is 0.208. The van der Waals surface area contributed by atoms with Crippen LogP contribution in [-0.4, -0.2) is 75.4 Å². The van der Waals surface area contributed by atoms with Crippen LogP contribution in [0, 0.1) is 5.92 Å². The van der Waals surface area contributed by atoms with E-state index in [0.717, 1.165) is 30.6 Å². The first-order chi connectivity index (χ1) is 15.5. The molecule has 2 aliphatic rings. The van der Waals surface area contributed by atoms with Crippen molar-refractivity contribution in [3.05, 3.63) is 48.3 Å². The summed E-state index contributed by atoms with van der Waals surface area (Å²) in [6, 6.07) is 9.87. The van der Waals surface area contributed by atoms with E-state index < -0.39 is 0 Å². The Balaban J connectivity index is 1.30. The molecule has 32 heavy (non-hydrogen) atoms. The third-order valence-corrected chi connectivity index (χ3v) is 6.35. The molecule has 8 nitrogen and oxygen atoms in total. The molecule has 0 bridgehead atoms. The number of rotatable bonds is 8. The van der Waals surface area contributed by atoms with Crippen LogP contribution in [0.2, 0.25) is 0 Å². The topological polar surface area (TPSA) is 78.8 Å². The third kappa shape index (κ3) is 5.18. The van der Waals surface area contributed by atoms with Gasteiger partial charge in [-0.25, -0.2) is 4.68 Å². The van der Waals surface area contributed by atoms with Crippen molar-refractivity contribution in [2.75, 3.05) is 33.2 Å². The molecule has 0 saturated carbocycles. The smallest absolute Gasteiger partial charge is 0.227 e. The highest BCUT2D eigenvalue weighted by Crippen LogP contribution is 2.21. The number of piperidine rings is 1. The number of nitrogens with zero attached hydrogens (tertiary/aromatic N) is 5. The van der Waals surface area contributed by atoms with Crippen molar-refractivity contribution >= 4 is 17.7 Å². The zero-order chi connectivity index (χ0) is 22.5. The fourth-order valence-corrected chi connectivity index (χ4v) is 4.61. The van der Waals surface area contributed by atoms with E-state index in [-0.39, 0.29) is 23.6 Å². The molecule has 4 rings (SSSR count). The van der Waals surface area contributed by atoms with Gasteiger partial charge < -0.3 is 14.7 Å². The highest BCUT2D eigenvalue weighted by atomic mass is 16.2. The van der Waals surface area contributed by atoms with E-state index in [1.165, 1.54) is 0 Å². The number of benzene rings is 1. The van der Waals surface area contributed by atoms with Gasteiger partial charge in [0.05, 0.1) is 11.6 Å². The first-order valence-electron chi connectivity index (χ1n) is 11.4. The number of carbonyl (C=O) groups excluding carboxylic acids is 3. The number of aromatic nitrogens is 2. The molecule has 3 heterocycles. The Morgan fingerprint density at radius 3 is 2.69 bits per heavy atom. The fourth-order valence-electron chi connectivity index (χ4n) is 4.61. The van der Waals surface area contributed by atoms with E-state index in [1.54, 1.807) is 20.7 Å². The lowest BCUT2D eigenvalue weighted by molar-refractivity contribution is -0.142. The van der Waals surface area contributed by atoms with Crippen LogP contribution in [0.5, 0.6) is 0 Å². The first-order valence-corrected chi connectivity index (χ1v) is 11.4. The summed E-state index contributed by atoms with van der Waals surface area (Å²) in [6.07, 6.45) is 6.95. The van der Waals surface area contributed by atoms with Crippen LogP contribution in [0.3, 0.4) is 0 Å². The lowest BCUT2D eigenvalue weighted by Crippen LogP contribution is -2.46. The predicted octanol–water partition coefficient (Wildman–Crippen LogP) is 2.08. The van der Waals surface area contributed by atoms with Crippen LogP contribution < -0.4 is 0 Å². The Kier molecular flexibility index (Phi) is 6.87. The Morgan fingerprint density at radius 1 is 1.12 bits per heavy atom. The van der Waals surface area contributed by atoms with Gasteiger partial charge in [0, 0.05) is 65.0 Å². The molecular formula is C24H31N5O3. The molecule has 0 unspecified atom stereocenters. The summed E-state index contributed by atoms with van der Waals surface area (Å²) < 4.78 is 1.80. The quantitative estimate of drug-likeness (QED) is 0.634. The van der Waals surface area contributed by atoms with Crippen LogP contribution in [0.15, 0.2) is 42.7 Å². The summed E-state index contributed by atoms with van der Waals surface area (Å²) in [5, 5.41) is 4.26. The first kappa shape index (κ1) is 22.0. The molecule has 0 aliphatic carbocycles. The lowest BCUT2D eigenvalue weighted by atomic mass is 9.95. The maximum absolute atomic E-state index is 13.1. The van der Waals surface area contributed by atoms with E-state index in [2.05, 4.69) is 5.10 Å². The normalized spacial score (nSPS) is 19.0. The van der Waals surface area contributed by atoms with E-state index in [1.807, 2.05) is 48.5 Å². The fraction of sp³-hybridized carbons (Fsp3) is 0.500. The molecule has 2 fully saturated rings. The van der Waals surface area contributed by atoms with Gasteiger partial charge in [-0.2, -0.15) is 5.10 Å². The van der Waals surface area contributed by atoms with Crippen molar-refractivity contribution in [3.63, 3.8) is 0 Å². The van der Waals surface area contributed by atoms with Crippen LogP contribution in [0.4, 0.5) is 0 Å². The summed E-state index contributed by atoms with van der Waals surface area (Å²) in [4.78, 5) is 42.7. The van der Waals surface area contributed by atoms with Gasteiger partial charge in [0.15, 0.2) is 0 Å². The molecule has 2 saturated heterocycles. The van der Waals surface area contributed by atoms with Crippen molar-refractivity contribution in [3.8, 4) is 5.69 Å². The molecule has 0 radical (unpaired) electrons. The predicted molar refractivity (Wildman–Crippen MR) is 120 cm³/mol. The molecule has 1 atom stereocenters. The standard InChI is InChI=1S/C24H31N5O3/c1-26(17-19-6-2-7-21(16-19)29-15-4-11-25-29)24(32)20-9-10-23(31)28(18-20)14-5-13-27-12-3-8-22(27)30/h2,4,6-7,11,15-16,20H,3,5,8-10,12-14,17-18H2,1H3/t20-/m1/s1. The molecule has 2 aromatic rings. The highest BCUT2D eigenvalue weighted by molar-refractivity contribution is 5.83. The Hall–Kier alpha value is -3.16. The average Bonchev–Trinajstić information content (AvgIpc) is 3.47. The van der Waals surface area contributed by atoms with Crippen LogP contribution in [0.25, 0.3) is 5.69 Å². The van der Waals surface area contributed by atoms with Crippen LogP contribution in [-0.2, 0) is 20.9 Å². The highest BCUT2D eigenvalue weighted by Gasteiger charge is 2.32. The Bertz CT molecular complexity index is 958. The van der Waals surface area contributed by atoms with Crippen LogP contribution in [0.1, 0.15) is 37.7 Å². The number of carbonyl (C=O) groups is 3. The average molecular weight is 438 g/mol. The summed E-state index contributed by atoms with van der Waals surface area (Å²) in [6.45, 7) is 3.08. The SMILES string of the molecule is CN(Cc1cccc(-n2cccn2)c1)C(=O)[C@@H]1CCC(=O)N(CCCN2CCCC2=O)C1. The van der Waals surface area contributed by atoms with E-state index >= 15 is 0 Å². The molecular weight excluding hydrogens is 406 g/mol. The van der Waals surface area contributed by atoms with E-state index in [0.29, 0.717) is 45.4 Å². The van der Waals surface area contributed by atoms with Gasteiger partial charge in [-0.3, -0.25) is 14.4 Å². The second-order valence-electron chi connectivity index (χ2n) is 8.73. The van der Waals surface area contributed by atoms with Gasteiger partial charge in [0.25, 0.3) is 0 Å². The number of hydrogen-bond acceptors (Lipinski definition) is 4. The minimum Gasteiger partial charge on any atom is -0.343 e. The molecule has 1 aromatic carbocycles. The van der Waals surface area contributed by atoms with Gasteiger partial charge in [0.1, 0.15) is 0 Å². The summed E-state index contributed by atoms with van der Waals surface area (Å²) in [5.41, 5.74) is 1.99. The maximum atomic E-state index is 13.1. The van der Waals surface area contributed by atoms with Gasteiger partial charge in [0.2, 0.25) is 17.7 Å².